The number of carboxylic acids is 1. The minimum absolute atomic E-state index is 0.0228. The highest BCUT2D eigenvalue weighted by Gasteiger charge is 2.10. The summed E-state index contributed by atoms with van der Waals surface area (Å²) >= 11 is 0. The fourth-order valence-electron chi connectivity index (χ4n) is 2.01. The molecule has 2 aromatic heterocycles. The SMILES string of the molecule is O=C(O)c1ccc2oc(-c3cc[n+]([O-])cc3)cc(=O)c2c1. The molecule has 0 saturated heterocycles. The first-order valence-electron chi connectivity index (χ1n) is 6.05. The summed E-state index contributed by atoms with van der Waals surface area (Å²) < 4.78 is 6.23. The van der Waals surface area contributed by atoms with Gasteiger partial charge in [0.05, 0.1) is 10.9 Å². The highest BCUT2D eigenvalue weighted by molar-refractivity contribution is 5.93. The summed E-state index contributed by atoms with van der Waals surface area (Å²) in [4.78, 5) is 23.0. The zero-order valence-corrected chi connectivity index (χ0v) is 10.6. The third kappa shape index (κ3) is 2.34. The summed E-state index contributed by atoms with van der Waals surface area (Å²) in [6.07, 6.45) is 2.60. The first-order chi connectivity index (χ1) is 10.0. The lowest BCUT2D eigenvalue weighted by Crippen LogP contribution is -2.23. The van der Waals surface area contributed by atoms with Crippen LogP contribution in [0.5, 0.6) is 0 Å². The molecule has 0 saturated carbocycles. The van der Waals surface area contributed by atoms with Gasteiger partial charge >= 0.3 is 5.97 Å². The van der Waals surface area contributed by atoms with Crippen LogP contribution in [0.25, 0.3) is 22.3 Å². The fourth-order valence-corrected chi connectivity index (χ4v) is 2.01. The standard InChI is InChI=1S/C15H9NO5/c17-12-8-14(9-3-5-16(20)6-4-9)21-13-2-1-10(15(18)19)7-11(12)13/h1-8H,(H,18,19). The molecule has 0 amide bonds. The molecule has 2 heterocycles. The van der Waals surface area contributed by atoms with Crippen molar-refractivity contribution in [2.75, 3.05) is 0 Å². The topological polar surface area (TPSA) is 94.4 Å². The van der Waals surface area contributed by atoms with E-state index in [1.54, 1.807) is 0 Å². The van der Waals surface area contributed by atoms with Crippen LogP contribution in [0.2, 0.25) is 0 Å². The molecule has 104 valence electrons. The van der Waals surface area contributed by atoms with E-state index in [9.17, 15) is 14.8 Å². The lowest BCUT2D eigenvalue weighted by atomic mass is 10.1. The number of hydrogen-bond donors (Lipinski definition) is 1. The van der Waals surface area contributed by atoms with Crippen LogP contribution >= 0.6 is 0 Å². The smallest absolute Gasteiger partial charge is 0.335 e. The van der Waals surface area contributed by atoms with E-state index in [1.807, 2.05) is 0 Å². The summed E-state index contributed by atoms with van der Waals surface area (Å²) in [6, 6.07) is 8.43. The zero-order chi connectivity index (χ0) is 15.0. The summed E-state index contributed by atoms with van der Waals surface area (Å²) in [6.45, 7) is 0. The predicted molar refractivity (Wildman–Crippen MR) is 73.8 cm³/mol. The van der Waals surface area contributed by atoms with E-state index in [0.29, 0.717) is 21.6 Å². The molecule has 3 rings (SSSR count). The molecule has 0 aliphatic heterocycles. The van der Waals surface area contributed by atoms with Crippen LogP contribution < -0.4 is 10.2 Å². The van der Waals surface area contributed by atoms with Gasteiger partial charge in [0.25, 0.3) is 0 Å². The molecular formula is C15H9NO5. The molecular weight excluding hydrogens is 274 g/mol. The minimum Gasteiger partial charge on any atom is -0.619 e. The molecule has 1 N–H and O–H groups in total. The third-order valence-corrected chi connectivity index (χ3v) is 3.06. The van der Waals surface area contributed by atoms with Crippen molar-refractivity contribution in [1.82, 2.24) is 0 Å². The summed E-state index contributed by atoms with van der Waals surface area (Å²) in [5.74, 6) is -0.792. The molecule has 0 aliphatic rings. The largest absolute Gasteiger partial charge is 0.619 e. The summed E-state index contributed by atoms with van der Waals surface area (Å²) in [5, 5.41) is 20.1. The second kappa shape index (κ2) is 4.75. The minimum atomic E-state index is -1.11. The van der Waals surface area contributed by atoms with Crippen LogP contribution in [-0.2, 0) is 0 Å². The normalized spacial score (nSPS) is 10.7. The van der Waals surface area contributed by atoms with Crippen LogP contribution in [0.1, 0.15) is 10.4 Å². The van der Waals surface area contributed by atoms with Gasteiger partial charge in [0, 0.05) is 23.8 Å². The number of pyridine rings is 1. The number of benzene rings is 1. The third-order valence-electron chi connectivity index (χ3n) is 3.06. The van der Waals surface area contributed by atoms with Gasteiger partial charge in [-0.2, -0.15) is 4.73 Å². The Morgan fingerprint density at radius 1 is 1.14 bits per heavy atom. The van der Waals surface area contributed by atoms with E-state index < -0.39 is 5.97 Å². The van der Waals surface area contributed by atoms with E-state index in [2.05, 4.69) is 0 Å². The summed E-state index contributed by atoms with van der Waals surface area (Å²) in [5.41, 5.74) is 0.563. The lowest BCUT2D eigenvalue weighted by molar-refractivity contribution is -0.605. The average Bonchev–Trinajstić information content (AvgIpc) is 2.47. The fraction of sp³-hybridized carbons (Fsp3) is 0. The van der Waals surface area contributed by atoms with Crippen molar-refractivity contribution in [3.8, 4) is 11.3 Å². The van der Waals surface area contributed by atoms with Gasteiger partial charge in [-0.15, -0.1) is 0 Å². The van der Waals surface area contributed by atoms with Crippen molar-refractivity contribution >= 4 is 16.9 Å². The van der Waals surface area contributed by atoms with Gasteiger partial charge in [-0.25, -0.2) is 4.79 Å². The molecule has 1 aromatic carbocycles. The number of fused-ring (bicyclic) bond motifs is 1. The van der Waals surface area contributed by atoms with E-state index in [-0.39, 0.29) is 16.4 Å². The number of aromatic carboxylic acids is 1. The highest BCUT2D eigenvalue weighted by atomic mass is 16.5. The molecule has 21 heavy (non-hydrogen) atoms. The Bertz CT molecular complexity index is 896. The first-order valence-corrected chi connectivity index (χ1v) is 6.05. The molecule has 0 spiro atoms. The van der Waals surface area contributed by atoms with Crippen LogP contribution in [0, 0.1) is 5.21 Å². The van der Waals surface area contributed by atoms with Gasteiger partial charge in [-0.05, 0) is 18.2 Å². The van der Waals surface area contributed by atoms with Crippen LogP contribution in [-0.4, -0.2) is 11.1 Å². The van der Waals surface area contributed by atoms with E-state index in [1.165, 1.54) is 48.8 Å². The van der Waals surface area contributed by atoms with Crippen LogP contribution in [0.15, 0.2) is 58.0 Å². The molecule has 0 unspecified atom stereocenters. The van der Waals surface area contributed by atoms with Gasteiger partial charge in [0.1, 0.15) is 11.3 Å². The predicted octanol–water partition coefficient (Wildman–Crippen LogP) is 1.79. The molecule has 3 aromatic rings. The molecule has 0 atom stereocenters. The maximum atomic E-state index is 12.1. The van der Waals surface area contributed by atoms with Crippen molar-refractivity contribution in [1.29, 1.82) is 0 Å². The van der Waals surface area contributed by atoms with E-state index in [0.717, 1.165) is 0 Å². The van der Waals surface area contributed by atoms with Gasteiger partial charge in [-0.1, -0.05) is 0 Å². The second-order valence-corrected chi connectivity index (χ2v) is 4.44. The van der Waals surface area contributed by atoms with Crippen molar-refractivity contribution in [2.45, 2.75) is 0 Å². The maximum absolute atomic E-state index is 12.1. The van der Waals surface area contributed by atoms with E-state index in [4.69, 9.17) is 9.52 Å². The number of rotatable bonds is 2. The average molecular weight is 283 g/mol. The van der Waals surface area contributed by atoms with Crippen molar-refractivity contribution < 1.29 is 19.0 Å². The number of carbonyl (C=O) groups is 1. The monoisotopic (exact) mass is 283 g/mol. The molecule has 0 radical (unpaired) electrons. The van der Waals surface area contributed by atoms with Gasteiger partial charge < -0.3 is 14.7 Å². The van der Waals surface area contributed by atoms with E-state index >= 15 is 0 Å². The Morgan fingerprint density at radius 2 is 1.86 bits per heavy atom. The number of carboxylic acid groups (broad SMARTS) is 1. The quantitative estimate of drug-likeness (QED) is 0.571. The Labute approximate surface area is 118 Å². The Balaban J connectivity index is 2.20. The van der Waals surface area contributed by atoms with Crippen molar-refractivity contribution in [3.63, 3.8) is 0 Å². The van der Waals surface area contributed by atoms with Crippen molar-refractivity contribution in [3.05, 3.63) is 69.8 Å². The van der Waals surface area contributed by atoms with Crippen molar-refractivity contribution in [2.24, 2.45) is 0 Å². The maximum Gasteiger partial charge on any atom is 0.335 e. The van der Waals surface area contributed by atoms with Gasteiger partial charge in [0.2, 0.25) is 0 Å². The molecule has 0 fully saturated rings. The Morgan fingerprint density at radius 3 is 2.52 bits per heavy atom. The van der Waals surface area contributed by atoms with Crippen LogP contribution in [0.4, 0.5) is 0 Å². The highest BCUT2D eigenvalue weighted by Crippen LogP contribution is 2.21. The molecule has 6 heteroatoms. The number of hydrogen-bond acceptors (Lipinski definition) is 4. The second-order valence-electron chi connectivity index (χ2n) is 4.44. The zero-order valence-electron chi connectivity index (χ0n) is 10.6. The molecule has 6 nitrogen and oxygen atoms in total. The lowest BCUT2D eigenvalue weighted by Gasteiger charge is -2.04. The molecule has 0 bridgehead atoms. The van der Waals surface area contributed by atoms with Gasteiger partial charge in [-0.3, -0.25) is 4.79 Å². The van der Waals surface area contributed by atoms with Gasteiger partial charge in [0.15, 0.2) is 17.8 Å². The van der Waals surface area contributed by atoms with Crippen LogP contribution in [0.3, 0.4) is 0 Å². The number of aromatic nitrogens is 1. The Hall–Kier alpha value is -3.15. The number of nitrogens with zero attached hydrogens (tertiary/aromatic N) is 1. The molecule has 0 aliphatic carbocycles. The Kier molecular flexibility index (Phi) is 2.91. The first kappa shape index (κ1) is 12.9. The summed E-state index contributed by atoms with van der Waals surface area (Å²) in [7, 11) is 0.